The highest BCUT2D eigenvalue weighted by Gasteiger charge is 1.99. The molecule has 0 saturated heterocycles. The number of ether oxygens (including phenoxy) is 1. The second-order valence-corrected chi connectivity index (χ2v) is 3.71. The average Bonchev–Trinajstić information content (AvgIpc) is 2.09. The van der Waals surface area contributed by atoms with E-state index in [1.165, 1.54) is 0 Å². The van der Waals surface area contributed by atoms with E-state index in [1.807, 2.05) is 24.3 Å². The summed E-state index contributed by atoms with van der Waals surface area (Å²) in [4.78, 5) is 0. The summed E-state index contributed by atoms with van der Waals surface area (Å²) in [5, 5.41) is 0. The standard InChI is InChI=1S/C10H13BrO/c1-3-8(2)12-10-6-4-9(11)5-7-10/h4-8H,3H2,1-2H3. The molecule has 1 aromatic rings. The molecule has 0 radical (unpaired) electrons. The molecule has 12 heavy (non-hydrogen) atoms. The van der Waals surface area contributed by atoms with Crippen LogP contribution < -0.4 is 4.74 Å². The summed E-state index contributed by atoms with van der Waals surface area (Å²) in [6.07, 6.45) is 1.34. The largest absolute Gasteiger partial charge is 0.491 e. The molecule has 0 aliphatic rings. The van der Waals surface area contributed by atoms with E-state index in [0.29, 0.717) is 6.10 Å². The van der Waals surface area contributed by atoms with Crippen LogP contribution in [0.3, 0.4) is 0 Å². The molecule has 0 spiro atoms. The van der Waals surface area contributed by atoms with Gasteiger partial charge < -0.3 is 4.74 Å². The molecule has 2 heteroatoms. The van der Waals surface area contributed by atoms with Gasteiger partial charge in [0.1, 0.15) is 5.75 Å². The van der Waals surface area contributed by atoms with Crippen molar-refractivity contribution in [1.82, 2.24) is 0 Å². The van der Waals surface area contributed by atoms with Gasteiger partial charge in [0.05, 0.1) is 6.10 Å². The van der Waals surface area contributed by atoms with E-state index < -0.39 is 0 Å². The minimum atomic E-state index is 0.297. The Morgan fingerprint density at radius 1 is 1.33 bits per heavy atom. The Hall–Kier alpha value is -0.500. The Balaban J connectivity index is 2.58. The van der Waals surface area contributed by atoms with Gasteiger partial charge in [-0.15, -0.1) is 0 Å². The van der Waals surface area contributed by atoms with E-state index in [-0.39, 0.29) is 0 Å². The van der Waals surface area contributed by atoms with Gasteiger partial charge in [-0.1, -0.05) is 22.9 Å². The summed E-state index contributed by atoms with van der Waals surface area (Å²) >= 11 is 3.37. The molecule has 0 aliphatic carbocycles. The molecular weight excluding hydrogens is 216 g/mol. The molecule has 0 saturated carbocycles. The van der Waals surface area contributed by atoms with Gasteiger partial charge in [-0.05, 0) is 37.6 Å². The lowest BCUT2D eigenvalue weighted by molar-refractivity contribution is 0.217. The van der Waals surface area contributed by atoms with Crippen LogP contribution in [-0.2, 0) is 0 Å². The first-order valence-electron chi connectivity index (χ1n) is 4.14. The van der Waals surface area contributed by atoms with E-state index in [0.717, 1.165) is 16.6 Å². The van der Waals surface area contributed by atoms with Crippen molar-refractivity contribution < 1.29 is 4.74 Å². The van der Waals surface area contributed by atoms with Crippen LogP contribution in [0.5, 0.6) is 5.75 Å². The van der Waals surface area contributed by atoms with Gasteiger partial charge in [-0.2, -0.15) is 0 Å². The second-order valence-electron chi connectivity index (χ2n) is 2.79. The lowest BCUT2D eigenvalue weighted by Gasteiger charge is -2.11. The maximum absolute atomic E-state index is 5.60. The third-order valence-corrected chi connectivity index (χ3v) is 2.25. The average molecular weight is 229 g/mol. The Labute approximate surface area is 81.9 Å². The fourth-order valence-electron chi connectivity index (χ4n) is 0.829. The SMILES string of the molecule is CCC(C)Oc1ccc(Br)cc1. The van der Waals surface area contributed by atoms with Crippen LogP contribution >= 0.6 is 15.9 Å². The molecule has 0 heterocycles. The topological polar surface area (TPSA) is 9.23 Å². The third kappa shape index (κ3) is 2.86. The molecule has 0 fully saturated rings. The van der Waals surface area contributed by atoms with E-state index in [1.54, 1.807) is 0 Å². The zero-order chi connectivity index (χ0) is 8.97. The molecule has 0 amide bonds. The van der Waals surface area contributed by atoms with Crippen LogP contribution in [-0.4, -0.2) is 6.10 Å². The van der Waals surface area contributed by atoms with Crippen molar-refractivity contribution in [3.8, 4) is 5.75 Å². The van der Waals surface area contributed by atoms with Gasteiger partial charge in [0.15, 0.2) is 0 Å². The molecule has 0 aliphatic heterocycles. The van der Waals surface area contributed by atoms with Crippen LogP contribution in [0.25, 0.3) is 0 Å². The zero-order valence-corrected chi connectivity index (χ0v) is 8.97. The maximum Gasteiger partial charge on any atom is 0.119 e. The van der Waals surface area contributed by atoms with Crippen LogP contribution in [0, 0.1) is 0 Å². The van der Waals surface area contributed by atoms with Crippen LogP contribution in [0.2, 0.25) is 0 Å². The first kappa shape index (κ1) is 9.59. The fourth-order valence-corrected chi connectivity index (χ4v) is 1.09. The highest BCUT2D eigenvalue weighted by Crippen LogP contribution is 2.17. The molecule has 0 bridgehead atoms. The first-order chi connectivity index (χ1) is 5.72. The quantitative estimate of drug-likeness (QED) is 0.768. The molecule has 1 nitrogen and oxygen atoms in total. The summed E-state index contributed by atoms with van der Waals surface area (Å²) < 4.78 is 6.68. The van der Waals surface area contributed by atoms with Crippen molar-refractivity contribution in [3.05, 3.63) is 28.7 Å². The van der Waals surface area contributed by atoms with Gasteiger partial charge in [0, 0.05) is 4.47 Å². The highest BCUT2D eigenvalue weighted by molar-refractivity contribution is 9.10. The summed E-state index contributed by atoms with van der Waals surface area (Å²) in [6, 6.07) is 7.90. The third-order valence-electron chi connectivity index (χ3n) is 1.73. The van der Waals surface area contributed by atoms with Crippen molar-refractivity contribution in [1.29, 1.82) is 0 Å². The van der Waals surface area contributed by atoms with Crippen molar-refractivity contribution in [3.63, 3.8) is 0 Å². The minimum absolute atomic E-state index is 0.297. The van der Waals surface area contributed by atoms with Crippen molar-refractivity contribution >= 4 is 15.9 Å². The normalized spacial score (nSPS) is 12.6. The molecule has 1 atom stereocenters. The number of benzene rings is 1. The molecule has 1 unspecified atom stereocenters. The smallest absolute Gasteiger partial charge is 0.119 e. The van der Waals surface area contributed by atoms with E-state index >= 15 is 0 Å². The highest BCUT2D eigenvalue weighted by atomic mass is 79.9. The molecule has 66 valence electrons. The Kier molecular flexibility index (Phi) is 3.60. The lowest BCUT2D eigenvalue weighted by atomic mass is 10.3. The summed E-state index contributed by atoms with van der Waals surface area (Å²) in [5.41, 5.74) is 0. The van der Waals surface area contributed by atoms with Gasteiger partial charge in [0.25, 0.3) is 0 Å². The van der Waals surface area contributed by atoms with Crippen molar-refractivity contribution in [2.24, 2.45) is 0 Å². The Bertz CT molecular complexity index is 230. The number of rotatable bonds is 3. The number of hydrogen-bond donors (Lipinski definition) is 0. The lowest BCUT2D eigenvalue weighted by Crippen LogP contribution is -2.09. The summed E-state index contributed by atoms with van der Waals surface area (Å²) in [5.74, 6) is 0.938. The number of halogens is 1. The summed E-state index contributed by atoms with van der Waals surface area (Å²) in [6.45, 7) is 4.19. The van der Waals surface area contributed by atoms with Crippen molar-refractivity contribution in [2.45, 2.75) is 26.4 Å². The molecule has 0 N–H and O–H groups in total. The van der Waals surface area contributed by atoms with E-state index in [9.17, 15) is 0 Å². The predicted octanol–water partition coefficient (Wildman–Crippen LogP) is 3.63. The fraction of sp³-hybridized carbons (Fsp3) is 0.400. The second kappa shape index (κ2) is 4.51. The predicted molar refractivity (Wildman–Crippen MR) is 54.5 cm³/mol. The van der Waals surface area contributed by atoms with Crippen LogP contribution in [0.4, 0.5) is 0 Å². The van der Waals surface area contributed by atoms with E-state index in [4.69, 9.17) is 4.74 Å². The number of hydrogen-bond acceptors (Lipinski definition) is 1. The first-order valence-corrected chi connectivity index (χ1v) is 4.94. The van der Waals surface area contributed by atoms with Gasteiger partial charge in [0.2, 0.25) is 0 Å². The van der Waals surface area contributed by atoms with Gasteiger partial charge in [-0.25, -0.2) is 0 Å². The van der Waals surface area contributed by atoms with Crippen LogP contribution in [0.1, 0.15) is 20.3 Å². The Morgan fingerprint density at radius 2 is 1.92 bits per heavy atom. The molecule has 1 rings (SSSR count). The van der Waals surface area contributed by atoms with Gasteiger partial charge in [-0.3, -0.25) is 0 Å². The van der Waals surface area contributed by atoms with Gasteiger partial charge >= 0.3 is 0 Å². The Morgan fingerprint density at radius 3 is 2.42 bits per heavy atom. The zero-order valence-electron chi connectivity index (χ0n) is 7.38. The summed E-state index contributed by atoms with van der Waals surface area (Å²) in [7, 11) is 0. The molecule has 0 aromatic heterocycles. The minimum Gasteiger partial charge on any atom is -0.491 e. The van der Waals surface area contributed by atoms with E-state index in [2.05, 4.69) is 29.8 Å². The van der Waals surface area contributed by atoms with Crippen molar-refractivity contribution in [2.75, 3.05) is 0 Å². The molecular formula is C10H13BrO. The van der Waals surface area contributed by atoms with Crippen LogP contribution in [0.15, 0.2) is 28.7 Å². The monoisotopic (exact) mass is 228 g/mol. The maximum atomic E-state index is 5.60. The molecule has 1 aromatic carbocycles.